The number of ether oxygens (including phenoxy) is 1. The van der Waals surface area contributed by atoms with Gasteiger partial charge in [0.25, 0.3) is 0 Å². The number of methoxy groups -OCH3 is 1. The molecule has 0 N–H and O–H groups in total. The van der Waals surface area contributed by atoms with Gasteiger partial charge in [-0.25, -0.2) is 13.2 Å². The Bertz CT molecular complexity index is 834. The molecule has 1 unspecified atom stereocenters. The van der Waals surface area contributed by atoms with Crippen LogP contribution in [0.4, 0.5) is 0 Å². The topological polar surface area (TPSA) is 87.2 Å². The summed E-state index contributed by atoms with van der Waals surface area (Å²) in [5.41, 5.74) is 2.09. The predicted octanol–water partition coefficient (Wildman–Crippen LogP) is 0.0802. The van der Waals surface area contributed by atoms with Gasteiger partial charge in [-0.15, -0.1) is 0 Å². The number of rotatable bonds is 5. The molecule has 1 fully saturated rings. The summed E-state index contributed by atoms with van der Waals surface area (Å²) < 4.78 is 30.4. The molecule has 28 heavy (non-hydrogen) atoms. The van der Waals surface area contributed by atoms with Crippen LogP contribution in [0.15, 0.2) is 24.3 Å². The maximum absolute atomic E-state index is 13.0. The van der Waals surface area contributed by atoms with Crippen LogP contribution >= 0.6 is 0 Å². The number of hydrogen-bond acceptors (Lipinski definition) is 6. The first-order valence-electron chi connectivity index (χ1n) is 9.50. The van der Waals surface area contributed by atoms with Crippen LogP contribution in [0.2, 0.25) is 0 Å². The Kier molecular flexibility index (Phi) is 6.36. The third-order valence-electron chi connectivity index (χ3n) is 5.49. The van der Waals surface area contributed by atoms with Gasteiger partial charge in [-0.3, -0.25) is 9.69 Å². The highest BCUT2D eigenvalue weighted by molar-refractivity contribution is 7.89. The van der Waals surface area contributed by atoms with E-state index in [1.165, 1.54) is 11.4 Å². The van der Waals surface area contributed by atoms with Crippen LogP contribution in [-0.4, -0.2) is 86.0 Å². The number of fused-ring (bicyclic) bond motifs is 1. The first-order chi connectivity index (χ1) is 13.4. The van der Waals surface area contributed by atoms with E-state index in [0.717, 1.165) is 11.1 Å². The second-order valence-electron chi connectivity index (χ2n) is 7.11. The number of carbonyl (C=O) groups excluding carboxylic acids is 2. The highest BCUT2D eigenvalue weighted by Gasteiger charge is 2.36. The number of esters is 1. The van der Waals surface area contributed by atoms with E-state index in [4.69, 9.17) is 4.74 Å². The number of hydrogen-bond donors (Lipinski definition) is 0. The summed E-state index contributed by atoms with van der Waals surface area (Å²) in [6.45, 7) is 3.93. The first kappa shape index (κ1) is 20.8. The number of amides is 1. The number of nitrogens with zero attached hydrogens (tertiary/aromatic N) is 3. The molecule has 1 atom stereocenters. The van der Waals surface area contributed by atoms with Crippen molar-refractivity contribution in [2.45, 2.75) is 25.9 Å². The number of piperazine rings is 1. The minimum Gasteiger partial charge on any atom is -0.467 e. The van der Waals surface area contributed by atoms with Gasteiger partial charge in [0.1, 0.15) is 6.04 Å². The fourth-order valence-electron chi connectivity index (χ4n) is 3.76. The molecule has 2 heterocycles. The monoisotopic (exact) mass is 409 g/mol. The molecule has 3 rings (SSSR count). The minimum atomic E-state index is -3.20. The van der Waals surface area contributed by atoms with E-state index in [1.54, 1.807) is 11.8 Å². The van der Waals surface area contributed by atoms with Gasteiger partial charge in [-0.1, -0.05) is 24.3 Å². The lowest BCUT2D eigenvalue weighted by molar-refractivity contribution is -0.154. The summed E-state index contributed by atoms with van der Waals surface area (Å²) in [5, 5.41) is 0. The second-order valence-corrected chi connectivity index (χ2v) is 9.37. The van der Waals surface area contributed by atoms with E-state index in [1.807, 2.05) is 29.2 Å². The van der Waals surface area contributed by atoms with Crippen LogP contribution < -0.4 is 0 Å². The molecule has 1 amide bonds. The molecule has 0 bridgehead atoms. The molecule has 1 saturated heterocycles. The number of benzene rings is 1. The van der Waals surface area contributed by atoms with Crippen molar-refractivity contribution in [2.75, 3.05) is 45.6 Å². The van der Waals surface area contributed by atoms with E-state index in [9.17, 15) is 18.0 Å². The van der Waals surface area contributed by atoms with Crippen LogP contribution in [-0.2, 0) is 37.3 Å². The molecule has 8 nitrogen and oxygen atoms in total. The average molecular weight is 410 g/mol. The molecular weight excluding hydrogens is 382 g/mol. The third kappa shape index (κ3) is 4.37. The Labute approximate surface area is 166 Å². The van der Waals surface area contributed by atoms with Gasteiger partial charge in [-0.05, 0) is 18.1 Å². The zero-order valence-electron chi connectivity index (χ0n) is 16.3. The van der Waals surface area contributed by atoms with Crippen molar-refractivity contribution in [3.63, 3.8) is 0 Å². The summed E-state index contributed by atoms with van der Waals surface area (Å²) in [6, 6.07) is 7.16. The van der Waals surface area contributed by atoms with Gasteiger partial charge in [0.2, 0.25) is 15.9 Å². The fraction of sp³-hybridized carbons (Fsp3) is 0.579. The molecule has 2 aliphatic heterocycles. The van der Waals surface area contributed by atoms with Gasteiger partial charge in [-0.2, -0.15) is 4.31 Å². The van der Waals surface area contributed by atoms with E-state index < -0.39 is 22.0 Å². The molecule has 0 aliphatic carbocycles. The quantitative estimate of drug-likeness (QED) is 0.640. The summed E-state index contributed by atoms with van der Waals surface area (Å²) in [5.74, 6) is -0.474. The first-order valence-corrected chi connectivity index (χ1v) is 11.1. The van der Waals surface area contributed by atoms with Crippen LogP contribution in [0, 0.1) is 0 Å². The molecular formula is C19H27N3O5S. The number of sulfonamides is 1. The van der Waals surface area contributed by atoms with E-state index in [0.29, 0.717) is 39.1 Å². The second kappa shape index (κ2) is 8.59. The molecule has 9 heteroatoms. The van der Waals surface area contributed by atoms with Gasteiger partial charge >= 0.3 is 5.97 Å². The highest BCUT2D eigenvalue weighted by atomic mass is 32.2. The Morgan fingerprint density at radius 3 is 2.36 bits per heavy atom. The lowest BCUT2D eigenvalue weighted by Gasteiger charge is -2.38. The van der Waals surface area contributed by atoms with Crippen molar-refractivity contribution in [1.29, 1.82) is 0 Å². The van der Waals surface area contributed by atoms with Gasteiger partial charge in [0, 0.05) is 39.1 Å². The zero-order chi connectivity index (χ0) is 20.3. The van der Waals surface area contributed by atoms with Crippen molar-refractivity contribution >= 4 is 21.9 Å². The van der Waals surface area contributed by atoms with Crippen molar-refractivity contribution in [1.82, 2.24) is 14.1 Å². The van der Waals surface area contributed by atoms with Crippen molar-refractivity contribution in [3.8, 4) is 0 Å². The SMILES string of the molecule is CCS(=O)(=O)N1CCN(CC(=O)N2Cc3ccccc3CC2C(=O)OC)CC1. The van der Waals surface area contributed by atoms with E-state index >= 15 is 0 Å². The predicted molar refractivity (Wildman–Crippen MR) is 104 cm³/mol. The van der Waals surface area contributed by atoms with Gasteiger partial charge in [0.15, 0.2) is 0 Å². The van der Waals surface area contributed by atoms with Crippen LogP contribution in [0.5, 0.6) is 0 Å². The molecule has 154 valence electrons. The summed E-state index contributed by atoms with van der Waals surface area (Å²) >= 11 is 0. The molecule has 2 aliphatic rings. The maximum Gasteiger partial charge on any atom is 0.328 e. The van der Waals surface area contributed by atoms with Gasteiger partial charge in [0.05, 0.1) is 19.4 Å². The van der Waals surface area contributed by atoms with Gasteiger partial charge < -0.3 is 9.64 Å². The Morgan fingerprint density at radius 2 is 1.75 bits per heavy atom. The van der Waals surface area contributed by atoms with Crippen molar-refractivity contribution < 1.29 is 22.7 Å². The van der Waals surface area contributed by atoms with Crippen LogP contribution in [0.1, 0.15) is 18.1 Å². The van der Waals surface area contributed by atoms with Crippen LogP contribution in [0.3, 0.4) is 0 Å². The zero-order valence-corrected chi connectivity index (χ0v) is 17.2. The average Bonchev–Trinajstić information content (AvgIpc) is 2.72. The van der Waals surface area contributed by atoms with Crippen LogP contribution in [0.25, 0.3) is 0 Å². The summed E-state index contributed by atoms with van der Waals surface area (Å²) in [4.78, 5) is 28.8. The molecule has 0 aromatic heterocycles. The highest BCUT2D eigenvalue weighted by Crippen LogP contribution is 2.24. The molecule has 0 saturated carbocycles. The molecule has 0 radical (unpaired) electrons. The lowest BCUT2D eigenvalue weighted by atomic mass is 9.94. The Balaban J connectivity index is 1.67. The molecule has 1 aromatic rings. The molecule has 1 aromatic carbocycles. The van der Waals surface area contributed by atoms with Crippen molar-refractivity contribution in [3.05, 3.63) is 35.4 Å². The lowest BCUT2D eigenvalue weighted by Crippen LogP contribution is -2.55. The fourth-order valence-corrected chi connectivity index (χ4v) is 4.85. The summed E-state index contributed by atoms with van der Waals surface area (Å²) in [7, 11) is -1.87. The maximum atomic E-state index is 13.0. The van der Waals surface area contributed by atoms with E-state index in [2.05, 4.69) is 0 Å². The van der Waals surface area contributed by atoms with E-state index in [-0.39, 0.29) is 18.2 Å². The molecule has 0 spiro atoms. The summed E-state index contributed by atoms with van der Waals surface area (Å²) in [6.07, 6.45) is 0.442. The minimum absolute atomic E-state index is 0.0833. The third-order valence-corrected chi connectivity index (χ3v) is 7.37. The Morgan fingerprint density at radius 1 is 1.11 bits per heavy atom. The normalized spacial score (nSPS) is 21.2. The standard InChI is InChI=1S/C19H27N3O5S/c1-3-28(25,26)21-10-8-20(9-11-21)14-18(23)22-13-16-7-5-4-6-15(16)12-17(22)19(24)27-2/h4-7,17H,3,8-14H2,1-2H3. The Hall–Kier alpha value is -1.97. The largest absolute Gasteiger partial charge is 0.467 e. The smallest absolute Gasteiger partial charge is 0.328 e. The number of carbonyl (C=O) groups is 2. The van der Waals surface area contributed by atoms with Crippen molar-refractivity contribution in [2.24, 2.45) is 0 Å².